The van der Waals surface area contributed by atoms with Crippen LogP contribution >= 0.6 is 34.5 Å². The average molecular weight is 318 g/mol. The van der Waals surface area contributed by atoms with E-state index in [-0.39, 0.29) is 11.8 Å². The van der Waals surface area contributed by atoms with Crippen molar-refractivity contribution in [1.29, 1.82) is 0 Å². The Labute approximate surface area is 125 Å². The normalized spacial score (nSPS) is 12.2. The molecule has 3 nitrogen and oxygen atoms in total. The third-order valence-electron chi connectivity index (χ3n) is 2.71. The molecule has 1 aromatic heterocycles. The maximum atomic E-state index is 9.72. The minimum atomic E-state index is -0.0101. The molecule has 102 valence electrons. The van der Waals surface area contributed by atoms with E-state index in [0.29, 0.717) is 14.4 Å². The lowest BCUT2D eigenvalue weighted by atomic mass is 10.1. The van der Waals surface area contributed by atoms with Crippen LogP contribution < -0.4 is 10.1 Å². The molecular formula is C13H13Cl2NO2S. The molecule has 0 aliphatic heterocycles. The summed E-state index contributed by atoms with van der Waals surface area (Å²) in [5, 5.41) is 13.0. The van der Waals surface area contributed by atoms with Crippen LogP contribution in [0, 0.1) is 0 Å². The fraction of sp³-hybridized carbons (Fsp3) is 0.231. The molecule has 2 rings (SSSR count). The van der Waals surface area contributed by atoms with Gasteiger partial charge in [-0.3, -0.25) is 0 Å². The van der Waals surface area contributed by atoms with Gasteiger partial charge in [0.15, 0.2) is 11.5 Å². The van der Waals surface area contributed by atoms with E-state index in [4.69, 9.17) is 27.9 Å². The third kappa shape index (κ3) is 3.26. The molecular weight excluding hydrogens is 305 g/mol. The van der Waals surface area contributed by atoms with Crippen LogP contribution in [-0.2, 0) is 0 Å². The maximum Gasteiger partial charge on any atom is 0.160 e. The topological polar surface area (TPSA) is 41.5 Å². The van der Waals surface area contributed by atoms with Crippen LogP contribution in [0.15, 0.2) is 24.3 Å². The van der Waals surface area contributed by atoms with Gasteiger partial charge in [-0.25, -0.2) is 0 Å². The predicted molar refractivity (Wildman–Crippen MR) is 81.0 cm³/mol. The molecule has 0 amide bonds. The first-order chi connectivity index (χ1) is 9.01. The standard InChI is InChI=1S/C13H13Cl2NO2S/c1-7(9-6-12(14)19-13(9)15)16-8-3-4-11(18-2)10(17)5-8/h3-7,16-17H,1-2H3. The lowest BCUT2D eigenvalue weighted by Crippen LogP contribution is -2.05. The molecule has 1 atom stereocenters. The summed E-state index contributed by atoms with van der Waals surface area (Å²) in [4.78, 5) is 0. The van der Waals surface area contributed by atoms with E-state index in [1.165, 1.54) is 18.4 Å². The van der Waals surface area contributed by atoms with E-state index >= 15 is 0 Å². The number of halogens is 2. The maximum absolute atomic E-state index is 9.72. The quantitative estimate of drug-likeness (QED) is 0.839. The number of ether oxygens (including phenoxy) is 1. The van der Waals surface area contributed by atoms with Crippen molar-refractivity contribution in [2.75, 3.05) is 12.4 Å². The second-order valence-electron chi connectivity index (χ2n) is 4.03. The summed E-state index contributed by atoms with van der Waals surface area (Å²) >= 11 is 13.4. The lowest BCUT2D eigenvalue weighted by molar-refractivity contribution is 0.373. The SMILES string of the molecule is COc1ccc(NC(C)c2cc(Cl)sc2Cl)cc1O. The first-order valence-electron chi connectivity index (χ1n) is 5.59. The number of methoxy groups -OCH3 is 1. The summed E-state index contributed by atoms with van der Waals surface area (Å²) in [5.74, 6) is 0.531. The fourth-order valence-electron chi connectivity index (χ4n) is 1.76. The number of anilines is 1. The molecule has 0 fully saturated rings. The Bertz CT molecular complexity index is 586. The van der Waals surface area contributed by atoms with Crippen LogP contribution in [0.4, 0.5) is 5.69 Å². The van der Waals surface area contributed by atoms with Crippen molar-refractivity contribution < 1.29 is 9.84 Å². The first kappa shape index (κ1) is 14.3. The van der Waals surface area contributed by atoms with Crippen LogP contribution in [0.3, 0.4) is 0 Å². The van der Waals surface area contributed by atoms with Crippen LogP contribution in [0.1, 0.15) is 18.5 Å². The highest BCUT2D eigenvalue weighted by molar-refractivity contribution is 7.20. The predicted octanol–water partition coefficient (Wildman–Crippen LogP) is 4.94. The Hall–Kier alpha value is -1.10. The van der Waals surface area contributed by atoms with Crippen molar-refractivity contribution in [3.8, 4) is 11.5 Å². The van der Waals surface area contributed by atoms with E-state index in [1.54, 1.807) is 12.1 Å². The minimum Gasteiger partial charge on any atom is -0.504 e. The van der Waals surface area contributed by atoms with Crippen molar-refractivity contribution >= 4 is 40.2 Å². The van der Waals surface area contributed by atoms with Crippen molar-refractivity contribution in [2.24, 2.45) is 0 Å². The van der Waals surface area contributed by atoms with Gasteiger partial charge in [-0.05, 0) is 25.1 Å². The Morgan fingerprint density at radius 2 is 2.05 bits per heavy atom. The van der Waals surface area contributed by atoms with Gasteiger partial charge < -0.3 is 15.2 Å². The van der Waals surface area contributed by atoms with Crippen molar-refractivity contribution in [2.45, 2.75) is 13.0 Å². The molecule has 2 N–H and O–H groups in total. The monoisotopic (exact) mass is 317 g/mol. The first-order valence-corrected chi connectivity index (χ1v) is 7.16. The van der Waals surface area contributed by atoms with E-state index in [2.05, 4.69) is 5.32 Å². The van der Waals surface area contributed by atoms with Crippen molar-refractivity contribution in [3.63, 3.8) is 0 Å². The van der Waals surface area contributed by atoms with Crippen LogP contribution in [-0.4, -0.2) is 12.2 Å². The highest BCUT2D eigenvalue weighted by Crippen LogP contribution is 2.37. The smallest absolute Gasteiger partial charge is 0.160 e. The molecule has 6 heteroatoms. The van der Waals surface area contributed by atoms with Gasteiger partial charge in [-0.1, -0.05) is 23.2 Å². The van der Waals surface area contributed by atoms with E-state index in [0.717, 1.165) is 11.3 Å². The zero-order valence-electron chi connectivity index (χ0n) is 10.4. The second-order valence-corrected chi connectivity index (χ2v) is 6.32. The number of aromatic hydroxyl groups is 1. The molecule has 0 saturated carbocycles. The van der Waals surface area contributed by atoms with Gasteiger partial charge >= 0.3 is 0 Å². The van der Waals surface area contributed by atoms with Gasteiger partial charge in [0.05, 0.1) is 21.8 Å². The summed E-state index contributed by atoms with van der Waals surface area (Å²) in [6, 6.07) is 6.97. The summed E-state index contributed by atoms with van der Waals surface area (Å²) in [6.07, 6.45) is 0. The van der Waals surface area contributed by atoms with Crippen LogP contribution in [0.5, 0.6) is 11.5 Å². The number of phenols is 1. The molecule has 0 radical (unpaired) electrons. The Morgan fingerprint density at radius 1 is 1.32 bits per heavy atom. The van der Waals surface area contributed by atoms with E-state index in [9.17, 15) is 5.11 Å². The third-order valence-corrected chi connectivity index (χ3v) is 4.23. The highest BCUT2D eigenvalue weighted by atomic mass is 35.5. The zero-order chi connectivity index (χ0) is 14.0. The molecule has 0 spiro atoms. The number of phenolic OH excluding ortho intramolecular Hbond substituents is 1. The molecule has 2 aromatic rings. The number of thiophene rings is 1. The van der Waals surface area contributed by atoms with Crippen molar-refractivity contribution in [1.82, 2.24) is 0 Å². The molecule has 1 heterocycles. The van der Waals surface area contributed by atoms with Crippen LogP contribution in [0.2, 0.25) is 8.67 Å². The summed E-state index contributed by atoms with van der Waals surface area (Å²) in [5.41, 5.74) is 1.72. The molecule has 1 unspecified atom stereocenters. The van der Waals surface area contributed by atoms with Gasteiger partial charge in [0, 0.05) is 17.3 Å². The molecule has 0 aliphatic rings. The van der Waals surface area contributed by atoms with Crippen molar-refractivity contribution in [3.05, 3.63) is 38.5 Å². The Balaban J connectivity index is 2.17. The summed E-state index contributed by atoms with van der Waals surface area (Å²) < 4.78 is 6.33. The number of benzene rings is 1. The highest BCUT2D eigenvalue weighted by Gasteiger charge is 2.14. The number of nitrogens with one attached hydrogen (secondary N) is 1. The average Bonchev–Trinajstić information content (AvgIpc) is 2.69. The lowest BCUT2D eigenvalue weighted by Gasteiger charge is -2.15. The Morgan fingerprint density at radius 3 is 2.58 bits per heavy atom. The van der Waals surface area contributed by atoms with Crippen LogP contribution in [0.25, 0.3) is 0 Å². The van der Waals surface area contributed by atoms with Gasteiger partial charge in [0.25, 0.3) is 0 Å². The molecule has 0 aliphatic carbocycles. The number of rotatable bonds is 4. The summed E-state index contributed by atoms with van der Waals surface area (Å²) in [7, 11) is 1.51. The molecule has 0 saturated heterocycles. The Kier molecular flexibility index (Phi) is 4.45. The van der Waals surface area contributed by atoms with E-state index < -0.39 is 0 Å². The molecule has 0 bridgehead atoms. The van der Waals surface area contributed by atoms with Gasteiger partial charge in [0.1, 0.15) is 0 Å². The van der Waals surface area contributed by atoms with Gasteiger partial charge in [-0.2, -0.15) is 0 Å². The number of hydrogen-bond donors (Lipinski definition) is 2. The largest absolute Gasteiger partial charge is 0.504 e. The molecule has 1 aromatic carbocycles. The van der Waals surface area contributed by atoms with E-state index in [1.807, 2.05) is 19.1 Å². The summed E-state index contributed by atoms with van der Waals surface area (Å²) in [6.45, 7) is 1.98. The second kappa shape index (κ2) is 5.90. The zero-order valence-corrected chi connectivity index (χ0v) is 12.7. The number of hydrogen-bond acceptors (Lipinski definition) is 4. The van der Waals surface area contributed by atoms with Gasteiger partial charge in [-0.15, -0.1) is 11.3 Å². The van der Waals surface area contributed by atoms with Gasteiger partial charge in [0.2, 0.25) is 0 Å². The fourth-order valence-corrected chi connectivity index (χ4v) is 3.40. The molecule has 19 heavy (non-hydrogen) atoms. The minimum absolute atomic E-state index is 0.0101.